The van der Waals surface area contributed by atoms with Crippen molar-refractivity contribution >= 4 is 11.7 Å². The van der Waals surface area contributed by atoms with Crippen molar-refractivity contribution in [3.63, 3.8) is 0 Å². The summed E-state index contributed by atoms with van der Waals surface area (Å²) < 4.78 is 1.83. The van der Waals surface area contributed by atoms with Crippen LogP contribution in [-0.4, -0.2) is 38.4 Å². The minimum absolute atomic E-state index is 0.0772. The molecule has 2 unspecified atom stereocenters. The van der Waals surface area contributed by atoms with Crippen LogP contribution in [0.4, 0.5) is 4.79 Å². The zero-order chi connectivity index (χ0) is 14.5. The van der Waals surface area contributed by atoms with Crippen molar-refractivity contribution in [1.82, 2.24) is 25.2 Å². The van der Waals surface area contributed by atoms with Crippen LogP contribution < -0.4 is 10.6 Å². The van der Waals surface area contributed by atoms with Crippen LogP contribution in [0, 0.1) is 0 Å². The highest BCUT2D eigenvalue weighted by Gasteiger charge is 2.16. The van der Waals surface area contributed by atoms with Crippen LogP contribution in [0.25, 0.3) is 5.65 Å². The number of aromatic nitrogens is 3. The largest absolute Gasteiger partial charge is 0.394 e. The molecule has 0 fully saturated rings. The highest BCUT2D eigenvalue weighted by Crippen LogP contribution is 2.11. The minimum Gasteiger partial charge on any atom is -0.394 e. The van der Waals surface area contributed by atoms with E-state index in [4.69, 9.17) is 5.11 Å². The Bertz CT molecular complexity index is 579. The van der Waals surface area contributed by atoms with Crippen LogP contribution in [0.1, 0.15) is 32.1 Å². The molecule has 0 bridgehead atoms. The smallest absolute Gasteiger partial charge is 0.315 e. The van der Waals surface area contributed by atoms with Crippen LogP contribution in [0.3, 0.4) is 0 Å². The second-order valence-electron chi connectivity index (χ2n) is 4.61. The van der Waals surface area contributed by atoms with E-state index in [2.05, 4.69) is 20.8 Å². The zero-order valence-electron chi connectivity index (χ0n) is 11.6. The van der Waals surface area contributed by atoms with Gasteiger partial charge in [-0.25, -0.2) is 4.79 Å². The molecule has 0 aliphatic carbocycles. The van der Waals surface area contributed by atoms with Crippen LogP contribution in [0.5, 0.6) is 0 Å². The van der Waals surface area contributed by atoms with Crippen molar-refractivity contribution in [3.05, 3.63) is 30.2 Å². The van der Waals surface area contributed by atoms with Gasteiger partial charge in [-0.1, -0.05) is 13.0 Å². The number of aliphatic hydroxyl groups excluding tert-OH is 1. The first-order valence-corrected chi connectivity index (χ1v) is 6.63. The summed E-state index contributed by atoms with van der Waals surface area (Å²) in [5, 5.41) is 22.7. The van der Waals surface area contributed by atoms with Gasteiger partial charge >= 0.3 is 6.03 Å². The Balaban J connectivity index is 2.04. The lowest BCUT2D eigenvalue weighted by Crippen LogP contribution is -2.44. The number of aliphatic hydroxyl groups is 1. The van der Waals surface area contributed by atoms with Crippen molar-refractivity contribution in [2.24, 2.45) is 0 Å². The van der Waals surface area contributed by atoms with Crippen molar-refractivity contribution in [2.45, 2.75) is 32.4 Å². The standard InChI is InChI=1S/C13H19N5O2/c1-3-10(8-19)15-13(20)14-9(2)12-17-16-11-6-4-5-7-18(11)12/h4-7,9-10,19H,3,8H2,1-2H3,(H2,14,15,20). The van der Waals surface area contributed by atoms with Crippen LogP contribution in [-0.2, 0) is 0 Å². The first kappa shape index (κ1) is 14.3. The molecule has 0 spiro atoms. The number of hydrogen-bond donors (Lipinski definition) is 3. The van der Waals surface area contributed by atoms with Gasteiger partial charge in [0.2, 0.25) is 0 Å². The van der Waals surface area contributed by atoms with E-state index in [1.807, 2.05) is 42.6 Å². The quantitative estimate of drug-likeness (QED) is 0.756. The number of pyridine rings is 1. The van der Waals surface area contributed by atoms with Crippen LogP contribution in [0.2, 0.25) is 0 Å². The molecule has 0 aromatic carbocycles. The summed E-state index contributed by atoms with van der Waals surface area (Å²) in [7, 11) is 0. The van der Waals surface area contributed by atoms with E-state index in [1.54, 1.807) is 0 Å². The van der Waals surface area contributed by atoms with Crippen molar-refractivity contribution in [1.29, 1.82) is 0 Å². The summed E-state index contributed by atoms with van der Waals surface area (Å²) in [6, 6.07) is 4.76. The predicted octanol–water partition coefficient (Wildman–Crippen LogP) is 0.860. The van der Waals surface area contributed by atoms with Crippen LogP contribution >= 0.6 is 0 Å². The molecule has 0 saturated carbocycles. The molecule has 7 nitrogen and oxygen atoms in total. The van der Waals surface area contributed by atoms with Gasteiger partial charge in [-0.15, -0.1) is 10.2 Å². The SMILES string of the molecule is CCC(CO)NC(=O)NC(C)c1nnc2ccccn12. The number of rotatable bonds is 5. The lowest BCUT2D eigenvalue weighted by atomic mass is 10.2. The van der Waals surface area contributed by atoms with E-state index in [0.29, 0.717) is 12.2 Å². The van der Waals surface area contributed by atoms with Gasteiger partial charge in [0.15, 0.2) is 11.5 Å². The Morgan fingerprint density at radius 1 is 1.40 bits per heavy atom. The molecule has 2 aromatic heterocycles. The summed E-state index contributed by atoms with van der Waals surface area (Å²) in [6.07, 6.45) is 2.52. The fraction of sp³-hybridized carbons (Fsp3) is 0.462. The van der Waals surface area contributed by atoms with Crippen LogP contribution in [0.15, 0.2) is 24.4 Å². The predicted molar refractivity (Wildman–Crippen MR) is 74.2 cm³/mol. The summed E-state index contributed by atoms with van der Waals surface area (Å²) in [4.78, 5) is 11.8. The van der Waals surface area contributed by atoms with E-state index >= 15 is 0 Å². The van der Waals surface area contributed by atoms with E-state index in [0.717, 1.165) is 5.65 Å². The van der Waals surface area contributed by atoms with E-state index in [9.17, 15) is 4.79 Å². The fourth-order valence-electron chi connectivity index (χ4n) is 1.92. The minimum atomic E-state index is -0.328. The molecular formula is C13H19N5O2. The molecule has 2 rings (SSSR count). The van der Waals surface area contributed by atoms with Gasteiger partial charge in [0.1, 0.15) is 0 Å². The molecule has 0 radical (unpaired) electrons. The third-order valence-electron chi connectivity index (χ3n) is 3.12. The highest BCUT2D eigenvalue weighted by molar-refractivity contribution is 5.74. The van der Waals surface area contributed by atoms with Crippen molar-refractivity contribution in [3.8, 4) is 0 Å². The molecule has 0 aliphatic rings. The van der Waals surface area contributed by atoms with Gasteiger partial charge in [0, 0.05) is 6.20 Å². The molecule has 7 heteroatoms. The average molecular weight is 277 g/mol. The van der Waals surface area contributed by atoms with E-state index < -0.39 is 0 Å². The molecule has 20 heavy (non-hydrogen) atoms. The number of nitrogens with zero attached hydrogens (tertiary/aromatic N) is 3. The third-order valence-corrected chi connectivity index (χ3v) is 3.12. The maximum Gasteiger partial charge on any atom is 0.315 e. The molecule has 2 atom stereocenters. The van der Waals surface area contributed by atoms with Crippen molar-refractivity contribution < 1.29 is 9.90 Å². The second kappa shape index (κ2) is 6.33. The first-order chi connectivity index (χ1) is 9.65. The number of amides is 2. The molecule has 2 aromatic rings. The number of carbonyl (C=O) groups is 1. The van der Waals surface area contributed by atoms with Gasteiger partial charge in [0.25, 0.3) is 0 Å². The van der Waals surface area contributed by atoms with E-state index in [1.165, 1.54) is 0 Å². The summed E-state index contributed by atoms with van der Waals surface area (Å²) in [5.41, 5.74) is 0.735. The number of carbonyl (C=O) groups excluding carboxylic acids is 1. The monoisotopic (exact) mass is 277 g/mol. The number of urea groups is 1. The van der Waals surface area contributed by atoms with Gasteiger partial charge in [-0.05, 0) is 25.5 Å². The molecule has 3 N–H and O–H groups in total. The Hall–Kier alpha value is -2.15. The molecule has 0 saturated heterocycles. The normalized spacial score (nSPS) is 13.9. The topological polar surface area (TPSA) is 91.5 Å². The van der Waals surface area contributed by atoms with Crippen molar-refractivity contribution in [2.75, 3.05) is 6.61 Å². The van der Waals surface area contributed by atoms with E-state index in [-0.39, 0.29) is 24.7 Å². The fourth-order valence-corrected chi connectivity index (χ4v) is 1.92. The summed E-state index contributed by atoms with van der Waals surface area (Å²) >= 11 is 0. The molecule has 108 valence electrons. The summed E-state index contributed by atoms with van der Waals surface area (Å²) in [6.45, 7) is 3.66. The average Bonchev–Trinajstić information content (AvgIpc) is 2.88. The molecule has 2 amide bonds. The Morgan fingerprint density at radius 3 is 2.90 bits per heavy atom. The first-order valence-electron chi connectivity index (χ1n) is 6.63. The highest BCUT2D eigenvalue weighted by atomic mass is 16.3. The summed E-state index contributed by atoms with van der Waals surface area (Å²) in [5.74, 6) is 0.660. The third kappa shape index (κ3) is 3.05. The lowest BCUT2D eigenvalue weighted by molar-refractivity contribution is 0.212. The molecule has 0 aliphatic heterocycles. The number of nitrogens with one attached hydrogen (secondary N) is 2. The Morgan fingerprint density at radius 2 is 2.20 bits per heavy atom. The Labute approximate surface area is 117 Å². The number of hydrogen-bond acceptors (Lipinski definition) is 4. The number of fused-ring (bicyclic) bond motifs is 1. The van der Waals surface area contributed by atoms with Gasteiger partial charge < -0.3 is 15.7 Å². The lowest BCUT2D eigenvalue weighted by Gasteiger charge is -2.17. The maximum absolute atomic E-state index is 11.8. The van der Waals surface area contributed by atoms with Gasteiger partial charge in [-0.3, -0.25) is 4.40 Å². The van der Waals surface area contributed by atoms with Gasteiger partial charge in [0.05, 0.1) is 18.7 Å². The van der Waals surface area contributed by atoms with Gasteiger partial charge in [-0.2, -0.15) is 0 Å². The maximum atomic E-state index is 11.8. The Kier molecular flexibility index (Phi) is 4.52. The second-order valence-corrected chi connectivity index (χ2v) is 4.61. The zero-order valence-corrected chi connectivity index (χ0v) is 11.6. The molecule has 2 heterocycles. The molecular weight excluding hydrogens is 258 g/mol.